The minimum absolute atomic E-state index is 0.508. The highest BCUT2D eigenvalue weighted by Gasteiger charge is 2.12. The monoisotopic (exact) mass is 404 g/mol. The summed E-state index contributed by atoms with van der Waals surface area (Å²) in [6, 6.07) is 15.4. The molecule has 2 aromatic rings. The fraction of sp³-hybridized carbons (Fsp3) is 0.158. The van der Waals surface area contributed by atoms with Gasteiger partial charge in [-0.25, -0.2) is 13.1 Å². The summed E-state index contributed by atoms with van der Waals surface area (Å²) >= 11 is 0. The van der Waals surface area contributed by atoms with Gasteiger partial charge < -0.3 is 14.8 Å². The summed E-state index contributed by atoms with van der Waals surface area (Å²) in [5, 5.41) is 3.49. The second kappa shape index (κ2) is 10.2. The number of sulfonamides is 1. The Morgan fingerprint density at radius 3 is 2.36 bits per heavy atom. The lowest BCUT2D eigenvalue weighted by molar-refractivity contribution is -0.146. The van der Waals surface area contributed by atoms with Gasteiger partial charge in [-0.3, -0.25) is 9.59 Å². The number of amides is 1. The van der Waals surface area contributed by atoms with Crippen molar-refractivity contribution in [3.05, 3.63) is 65.6 Å². The van der Waals surface area contributed by atoms with E-state index in [0.717, 1.165) is 5.41 Å². The summed E-state index contributed by atoms with van der Waals surface area (Å²) in [6.07, 6.45) is 1.40. The Hall–Kier alpha value is -3.17. The van der Waals surface area contributed by atoms with E-state index in [9.17, 15) is 18.0 Å². The van der Waals surface area contributed by atoms with Crippen LogP contribution in [0, 0.1) is 0 Å². The molecule has 0 saturated heterocycles. The van der Waals surface area contributed by atoms with Gasteiger partial charge in [-0.2, -0.15) is 0 Å². The van der Waals surface area contributed by atoms with Gasteiger partial charge in [0.05, 0.1) is 7.11 Å². The van der Waals surface area contributed by atoms with Gasteiger partial charge >= 0.3 is 5.97 Å². The van der Waals surface area contributed by atoms with E-state index in [-0.39, 0.29) is 0 Å². The van der Waals surface area contributed by atoms with Crippen molar-refractivity contribution in [3.63, 3.8) is 0 Å². The molecule has 2 aromatic carbocycles. The standard InChI is InChI=1S/C19H20N2O6S/c1-26-17-9-7-16(8-10-17)21-18(22)14-27-19(23)13-20-28(24,25)12-11-15-5-3-2-4-6-15/h2-12,20H,13-14H2,1H3,(H,21,22)/b12-11+. The van der Waals surface area contributed by atoms with Crippen molar-refractivity contribution in [2.24, 2.45) is 0 Å². The van der Waals surface area contributed by atoms with Crippen LogP contribution in [0.3, 0.4) is 0 Å². The Morgan fingerprint density at radius 1 is 1.04 bits per heavy atom. The maximum Gasteiger partial charge on any atom is 0.321 e. The molecule has 8 nitrogen and oxygen atoms in total. The summed E-state index contributed by atoms with van der Waals surface area (Å²) in [5.74, 6) is -0.787. The fourth-order valence-corrected chi connectivity index (χ4v) is 2.76. The Balaban J connectivity index is 1.73. The van der Waals surface area contributed by atoms with Crippen LogP contribution < -0.4 is 14.8 Å². The minimum atomic E-state index is -3.81. The van der Waals surface area contributed by atoms with Crippen molar-refractivity contribution in [1.29, 1.82) is 0 Å². The highest BCUT2D eigenvalue weighted by molar-refractivity contribution is 7.92. The Kier molecular flexibility index (Phi) is 7.73. The zero-order chi connectivity index (χ0) is 20.4. The molecule has 0 bridgehead atoms. The molecule has 0 radical (unpaired) electrons. The number of esters is 1. The van der Waals surface area contributed by atoms with Gasteiger partial charge in [-0.05, 0) is 35.9 Å². The van der Waals surface area contributed by atoms with Crippen LogP contribution in [0.15, 0.2) is 60.0 Å². The minimum Gasteiger partial charge on any atom is -0.497 e. The maximum atomic E-state index is 11.8. The van der Waals surface area contributed by atoms with Crippen LogP contribution in [-0.2, 0) is 24.3 Å². The highest BCUT2D eigenvalue weighted by atomic mass is 32.2. The van der Waals surface area contributed by atoms with Crippen molar-refractivity contribution in [3.8, 4) is 5.75 Å². The van der Waals surface area contributed by atoms with E-state index in [1.165, 1.54) is 13.2 Å². The van der Waals surface area contributed by atoms with Gasteiger partial charge in [-0.15, -0.1) is 0 Å². The van der Waals surface area contributed by atoms with Gasteiger partial charge in [-0.1, -0.05) is 30.3 Å². The first-order valence-electron chi connectivity index (χ1n) is 8.20. The summed E-state index contributed by atoms with van der Waals surface area (Å²) in [7, 11) is -2.29. The van der Waals surface area contributed by atoms with Gasteiger partial charge in [0.1, 0.15) is 12.3 Å². The summed E-state index contributed by atoms with van der Waals surface area (Å²) in [6.45, 7) is -1.12. The van der Waals surface area contributed by atoms with E-state index in [1.54, 1.807) is 48.5 Å². The average Bonchev–Trinajstić information content (AvgIpc) is 2.71. The van der Waals surface area contributed by atoms with Crippen LogP contribution in [0.25, 0.3) is 6.08 Å². The van der Waals surface area contributed by atoms with Gasteiger partial charge in [0, 0.05) is 11.1 Å². The SMILES string of the molecule is COc1ccc(NC(=O)COC(=O)CNS(=O)(=O)/C=C/c2ccccc2)cc1. The molecule has 0 aliphatic rings. The fourth-order valence-electron chi connectivity index (χ4n) is 2.01. The molecule has 0 unspecified atom stereocenters. The second-order valence-corrected chi connectivity index (χ2v) is 7.17. The third-order valence-electron chi connectivity index (χ3n) is 3.39. The molecule has 0 aliphatic heterocycles. The normalized spacial score (nSPS) is 11.2. The number of nitrogens with one attached hydrogen (secondary N) is 2. The molecule has 2 rings (SSSR count). The molecule has 0 spiro atoms. The molecule has 0 aromatic heterocycles. The molecule has 1 amide bonds. The van der Waals surface area contributed by atoms with Crippen LogP contribution in [0.1, 0.15) is 5.56 Å². The quantitative estimate of drug-likeness (QED) is 0.616. The van der Waals surface area contributed by atoms with E-state index in [0.29, 0.717) is 17.0 Å². The lowest BCUT2D eigenvalue weighted by atomic mass is 10.2. The number of rotatable bonds is 9. The highest BCUT2D eigenvalue weighted by Crippen LogP contribution is 2.14. The molecule has 0 atom stereocenters. The smallest absolute Gasteiger partial charge is 0.321 e. The first-order chi connectivity index (χ1) is 13.4. The van der Waals surface area contributed by atoms with Crippen LogP contribution in [-0.4, -0.2) is 40.6 Å². The average molecular weight is 404 g/mol. The van der Waals surface area contributed by atoms with Crippen molar-refractivity contribution in [1.82, 2.24) is 4.72 Å². The lowest BCUT2D eigenvalue weighted by Gasteiger charge is -2.07. The van der Waals surface area contributed by atoms with Crippen molar-refractivity contribution >= 4 is 33.7 Å². The molecule has 28 heavy (non-hydrogen) atoms. The predicted octanol–water partition coefficient (Wildman–Crippen LogP) is 1.77. The number of anilines is 1. The van der Waals surface area contributed by atoms with Gasteiger partial charge in [0.25, 0.3) is 5.91 Å². The molecule has 0 fully saturated rings. The van der Waals surface area contributed by atoms with Gasteiger partial charge in [0.2, 0.25) is 10.0 Å². The number of methoxy groups -OCH3 is 1. The van der Waals surface area contributed by atoms with E-state index in [1.807, 2.05) is 6.07 Å². The summed E-state index contributed by atoms with van der Waals surface area (Å²) in [4.78, 5) is 23.4. The molecular formula is C19H20N2O6S. The summed E-state index contributed by atoms with van der Waals surface area (Å²) < 4.78 is 35.5. The van der Waals surface area contributed by atoms with Crippen LogP contribution >= 0.6 is 0 Å². The number of carbonyl (C=O) groups is 2. The molecule has 2 N–H and O–H groups in total. The van der Waals surface area contributed by atoms with Gasteiger partial charge in [0.15, 0.2) is 6.61 Å². The number of hydrogen-bond donors (Lipinski definition) is 2. The lowest BCUT2D eigenvalue weighted by Crippen LogP contribution is -2.31. The number of carbonyl (C=O) groups excluding carboxylic acids is 2. The summed E-state index contributed by atoms with van der Waals surface area (Å²) in [5.41, 5.74) is 1.21. The number of hydrogen-bond acceptors (Lipinski definition) is 6. The van der Waals surface area contributed by atoms with E-state index in [2.05, 4.69) is 10.0 Å². The third kappa shape index (κ3) is 7.60. The Bertz CT molecular complexity index is 925. The van der Waals surface area contributed by atoms with Crippen molar-refractivity contribution < 1.29 is 27.5 Å². The maximum absolute atomic E-state index is 11.8. The number of benzene rings is 2. The largest absolute Gasteiger partial charge is 0.497 e. The zero-order valence-corrected chi connectivity index (χ0v) is 15.9. The van der Waals surface area contributed by atoms with E-state index in [4.69, 9.17) is 9.47 Å². The zero-order valence-electron chi connectivity index (χ0n) is 15.1. The van der Waals surface area contributed by atoms with Crippen molar-refractivity contribution in [2.75, 3.05) is 25.6 Å². The van der Waals surface area contributed by atoms with E-state index >= 15 is 0 Å². The second-order valence-electron chi connectivity index (χ2n) is 5.52. The Morgan fingerprint density at radius 2 is 1.71 bits per heavy atom. The third-order valence-corrected chi connectivity index (χ3v) is 4.44. The van der Waals surface area contributed by atoms with Crippen LogP contribution in [0.5, 0.6) is 5.75 Å². The van der Waals surface area contributed by atoms with Crippen LogP contribution in [0.4, 0.5) is 5.69 Å². The molecule has 0 heterocycles. The first kappa shape index (κ1) is 21.1. The molecule has 148 valence electrons. The Labute approximate surface area is 163 Å². The number of ether oxygens (including phenoxy) is 2. The van der Waals surface area contributed by atoms with Crippen LogP contribution in [0.2, 0.25) is 0 Å². The predicted molar refractivity (Wildman–Crippen MR) is 105 cm³/mol. The molecule has 9 heteroatoms. The van der Waals surface area contributed by atoms with Crippen molar-refractivity contribution in [2.45, 2.75) is 0 Å². The van der Waals surface area contributed by atoms with E-state index < -0.39 is 35.1 Å². The first-order valence-corrected chi connectivity index (χ1v) is 9.75. The molecule has 0 saturated carbocycles. The molecular weight excluding hydrogens is 384 g/mol. The topological polar surface area (TPSA) is 111 Å². The molecule has 0 aliphatic carbocycles.